The average molecular weight is 499 g/mol. The first-order valence-corrected chi connectivity index (χ1v) is 12.2. The molecule has 0 radical (unpaired) electrons. The topological polar surface area (TPSA) is 76.7 Å². The molecule has 0 fully saturated rings. The van der Waals surface area contributed by atoms with Crippen molar-refractivity contribution in [2.75, 3.05) is 17.7 Å². The lowest BCUT2D eigenvalue weighted by atomic mass is 10.2. The smallest absolute Gasteiger partial charge is 0.255 e. The van der Waals surface area contributed by atoms with Gasteiger partial charge in [0.1, 0.15) is 17.2 Å². The van der Waals surface area contributed by atoms with Gasteiger partial charge in [-0.1, -0.05) is 24.3 Å². The van der Waals surface area contributed by atoms with Crippen molar-refractivity contribution in [1.82, 2.24) is 0 Å². The lowest BCUT2D eigenvalue weighted by Crippen LogP contribution is -2.22. The number of methoxy groups -OCH3 is 1. The Morgan fingerprint density at radius 1 is 0.722 bits per heavy atom. The van der Waals surface area contributed by atoms with Gasteiger partial charge in [-0.2, -0.15) is 0 Å². The molecule has 0 bridgehead atoms. The number of carbonyl (C=O) groups is 2. The van der Waals surface area contributed by atoms with E-state index in [1.807, 2.05) is 85.8 Å². The molecule has 2 N–H and O–H groups in total. The first-order chi connectivity index (χ1) is 17.5. The highest BCUT2D eigenvalue weighted by atomic mass is 32.2. The minimum Gasteiger partial charge on any atom is -0.497 e. The Balaban J connectivity index is 1.28. The van der Waals surface area contributed by atoms with E-state index in [2.05, 4.69) is 10.6 Å². The summed E-state index contributed by atoms with van der Waals surface area (Å²) in [6.07, 6.45) is 0. The zero-order valence-corrected chi connectivity index (χ0v) is 20.8. The van der Waals surface area contributed by atoms with Crippen LogP contribution in [-0.4, -0.2) is 24.2 Å². The molecule has 0 aliphatic carbocycles. The number of rotatable bonds is 9. The lowest BCUT2D eigenvalue weighted by molar-refractivity contribution is -0.115. The molecule has 7 heteroatoms. The van der Waals surface area contributed by atoms with Crippen molar-refractivity contribution in [1.29, 1.82) is 0 Å². The second-order valence-electron chi connectivity index (χ2n) is 7.90. The molecule has 2 amide bonds. The van der Waals surface area contributed by atoms with Gasteiger partial charge in [-0.15, -0.1) is 11.8 Å². The number of anilines is 2. The second-order valence-corrected chi connectivity index (χ2v) is 9.31. The van der Waals surface area contributed by atoms with E-state index in [1.54, 1.807) is 31.4 Å². The third-order valence-electron chi connectivity index (χ3n) is 5.23. The third kappa shape index (κ3) is 6.90. The van der Waals surface area contributed by atoms with Crippen molar-refractivity contribution >= 4 is 35.0 Å². The molecule has 1 unspecified atom stereocenters. The summed E-state index contributed by atoms with van der Waals surface area (Å²) in [5.74, 6) is 1.75. The van der Waals surface area contributed by atoms with Gasteiger partial charge in [-0.25, -0.2) is 0 Å². The van der Waals surface area contributed by atoms with E-state index in [0.717, 1.165) is 10.6 Å². The summed E-state index contributed by atoms with van der Waals surface area (Å²) in [7, 11) is 1.56. The van der Waals surface area contributed by atoms with Crippen molar-refractivity contribution in [2.24, 2.45) is 0 Å². The van der Waals surface area contributed by atoms with Crippen molar-refractivity contribution in [3.8, 4) is 17.2 Å². The van der Waals surface area contributed by atoms with Crippen molar-refractivity contribution in [2.45, 2.75) is 17.1 Å². The van der Waals surface area contributed by atoms with E-state index in [-0.39, 0.29) is 17.1 Å². The van der Waals surface area contributed by atoms with Gasteiger partial charge in [-0.05, 0) is 85.8 Å². The lowest BCUT2D eigenvalue weighted by Gasteiger charge is -2.13. The number of hydrogen-bond acceptors (Lipinski definition) is 5. The molecule has 36 heavy (non-hydrogen) atoms. The molecule has 6 nitrogen and oxygen atoms in total. The van der Waals surface area contributed by atoms with E-state index in [0.29, 0.717) is 28.4 Å². The summed E-state index contributed by atoms with van der Waals surface area (Å²) in [5, 5.41) is 5.49. The third-order valence-corrected chi connectivity index (χ3v) is 6.34. The molecule has 0 spiro atoms. The average Bonchev–Trinajstić information content (AvgIpc) is 2.91. The highest BCUT2D eigenvalue weighted by molar-refractivity contribution is 8.00. The van der Waals surface area contributed by atoms with E-state index in [4.69, 9.17) is 9.47 Å². The normalized spacial score (nSPS) is 11.3. The first kappa shape index (κ1) is 24.9. The van der Waals surface area contributed by atoms with E-state index >= 15 is 0 Å². The maximum absolute atomic E-state index is 12.7. The van der Waals surface area contributed by atoms with E-state index in [9.17, 15) is 9.59 Å². The van der Waals surface area contributed by atoms with E-state index < -0.39 is 0 Å². The quantitative estimate of drug-likeness (QED) is 0.247. The van der Waals surface area contributed by atoms with Crippen LogP contribution in [0.5, 0.6) is 17.2 Å². The summed E-state index contributed by atoms with van der Waals surface area (Å²) in [6.45, 7) is 1.85. The summed E-state index contributed by atoms with van der Waals surface area (Å²) < 4.78 is 11.0. The van der Waals surface area contributed by atoms with Crippen LogP contribution in [0.4, 0.5) is 11.4 Å². The Hall–Kier alpha value is -4.23. The summed E-state index contributed by atoms with van der Waals surface area (Å²) >= 11 is 1.44. The minimum atomic E-state index is -0.317. The van der Waals surface area contributed by atoms with Crippen molar-refractivity contribution < 1.29 is 19.1 Å². The number of benzene rings is 4. The molecular weight excluding hydrogens is 472 g/mol. The summed E-state index contributed by atoms with van der Waals surface area (Å²) in [5.41, 5.74) is 1.88. The van der Waals surface area contributed by atoms with Crippen LogP contribution >= 0.6 is 11.8 Å². The summed E-state index contributed by atoms with van der Waals surface area (Å²) in [6, 6.07) is 31.1. The number of ether oxygens (including phenoxy) is 2. The van der Waals surface area contributed by atoms with Crippen molar-refractivity contribution in [3.05, 3.63) is 109 Å². The minimum absolute atomic E-state index is 0.105. The highest BCUT2D eigenvalue weighted by Crippen LogP contribution is 2.27. The number of nitrogens with one attached hydrogen (secondary N) is 2. The Kier molecular flexibility index (Phi) is 8.26. The standard InChI is InChI=1S/C29H26N2O4S/c1-20(28(32)30-22-11-15-25(16-12-22)35-24-8-4-3-5-9-24)36-27-17-13-23(14-18-27)31-29(33)21-7-6-10-26(19-21)34-2/h3-20H,1-2H3,(H,30,32)(H,31,33). The highest BCUT2D eigenvalue weighted by Gasteiger charge is 2.15. The van der Waals surface area contributed by atoms with Gasteiger partial charge in [0.2, 0.25) is 5.91 Å². The van der Waals surface area contributed by atoms with Crippen LogP contribution in [0.2, 0.25) is 0 Å². The number of hydrogen-bond donors (Lipinski definition) is 2. The number of para-hydroxylation sites is 1. The molecule has 4 aromatic rings. The fraction of sp³-hybridized carbons (Fsp3) is 0.103. The maximum Gasteiger partial charge on any atom is 0.255 e. The van der Waals surface area contributed by atoms with Gasteiger partial charge in [0.25, 0.3) is 5.91 Å². The van der Waals surface area contributed by atoms with Gasteiger partial charge in [0.05, 0.1) is 12.4 Å². The second kappa shape index (κ2) is 12.0. The van der Waals surface area contributed by atoms with Crippen LogP contribution in [0.1, 0.15) is 17.3 Å². The molecular formula is C29H26N2O4S. The molecule has 0 aliphatic heterocycles. The number of thioether (sulfide) groups is 1. The fourth-order valence-electron chi connectivity index (χ4n) is 3.32. The molecule has 4 rings (SSSR count). The van der Waals surface area contributed by atoms with Crippen LogP contribution in [0.25, 0.3) is 0 Å². The zero-order valence-electron chi connectivity index (χ0n) is 19.9. The molecule has 0 heterocycles. The predicted octanol–water partition coefficient (Wildman–Crippen LogP) is 6.86. The van der Waals surface area contributed by atoms with Gasteiger partial charge in [0.15, 0.2) is 0 Å². The van der Waals surface area contributed by atoms with E-state index in [1.165, 1.54) is 11.8 Å². The van der Waals surface area contributed by atoms with Gasteiger partial charge in [-0.3, -0.25) is 9.59 Å². The largest absolute Gasteiger partial charge is 0.497 e. The molecule has 1 atom stereocenters. The van der Waals surface area contributed by atoms with Gasteiger partial charge >= 0.3 is 0 Å². The maximum atomic E-state index is 12.7. The van der Waals surface area contributed by atoms with Crippen LogP contribution < -0.4 is 20.1 Å². The van der Waals surface area contributed by atoms with Crippen LogP contribution in [0, 0.1) is 0 Å². The Labute approximate surface area is 214 Å². The molecule has 0 saturated carbocycles. The Morgan fingerprint density at radius 3 is 2.03 bits per heavy atom. The summed E-state index contributed by atoms with van der Waals surface area (Å²) in [4.78, 5) is 26.1. The zero-order chi connectivity index (χ0) is 25.3. The SMILES string of the molecule is COc1cccc(C(=O)Nc2ccc(SC(C)C(=O)Nc3ccc(Oc4ccccc4)cc3)cc2)c1. The molecule has 4 aromatic carbocycles. The first-order valence-electron chi connectivity index (χ1n) is 11.4. The van der Waals surface area contributed by atoms with Gasteiger partial charge < -0.3 is 20.1 Å². The van der Waals surface area contributed by atoms with Crippen LogP contribution in [0.3, 0.4) is 0 Å². The van der Waals surface area contributed by atoms with Gasteiger partial charge in [0, 0.05) is 21.8 Å². The van der Waals surface area contributed by atoms with Crippen LogP contribution in [-0.2, 0) is 4.79 Å². The fourth-order valence-corrected chi connectivity index (χ4v) is 4.18. The molecule has 0 aliphatic rings. The molecule has 0 aromatic heterocycles. The van der Waals surface area contributed by atoms with Crippen LogP contribution in [0.15, 0.2) is 108 Å². The number of carbonyl (C=O) groups excluding carboxylic acids is 2. The Bertz CT molecular complexity index is 1310. The number of amides is 2. The Morgan fingerprint density at radius 2 is 1.33 bits per heavy atom. The predicted molar refractivity (Wildman–Crippen MR) is 144 cm³/mol. The molecule has 182 valence electrons. The monoisotopic (exact) mass is 498 g/mol. The molecule has 0 saturated heterocycles. The van der Waals surface area contributed by atoms with Crippen molar-refractivity contribution in [3.63, 3.8) is 0 Å².